The van der Waals surface area contributed by atoms with Gasteiger partial charge in [0.2, 0.25) is 0 Å². The monoisotopic (exact) mass is 419 g/mol. The Morgan fingerprint density at radius 3 is 2.56 bits per heavy atom. The molecule has 96 valence electrons. The molecule has 18 heavy (non-hydrogen) atoms. The quantitative estimate of drug-likeness (QED) is 0.768. The fraction of sp³-hybridized carbons (Fsp3) is 0.308. The van der Waals surface area contributed by atoms with Crippen molar-refractivity contribution in [2.45, 2.75) is 13.0 Å². The van der Waals surface area contributed by atoms with Crippen molar-refractivity contribution >= 4 is 38.5 Å². The number of halogens is 2. The van der Waals surface area contributed by atoms with Crippen LogP contribution in [0.25, 0.3) is 0 Å². The van der Waals surface area contributed by atoms with Crippen LogP contribution >= 0.6 is 38.5 Å². The molecule has 0 saturated carbocycles. The lowest BCUT2D eigenvalue weighted by Crippen LogP contribution is -2.24. The Kier molecular flexibility index (Phi) is 4.80. The summed E-state index contributed by atoms with van der Waals surface area (Å²) >= 11 is 5.90. The number of nitrogens with zero attached hydrogens (tertiary/aromatic N) is 2. The van der Waals surface area contributed by atoms with Gasteiger partial charge in [-0.25, -0.2) is 0 Å². The fourth-order valence-corrected chi connectivity index (χ4v) is 2.91. The van der Waals surface area contributed by atoms with Crippen LogP contribution in [0.15, 0.2) is 34.9 Å². The molecule has 0 saturated heterocycles. The highest BCUT2D eigenvalue weighted by molar-refractivity contribution is 14.1. The number of nitrogens with one attached hydrogen (secondary N) is 1. The molecular weight excluding hydrogens is 405 g/mol. The van der Waals surface area contributed by atoms with Gasteiger partial charge in [-0.05, 0) is 62.8 Å². The fourth-order valence-electron chi connectivity index (χ4n) is 1.98. The summed E-state index contributed by atoms with van der Waals surface area (Å²) in [7, 11) is 1.97. The first-order valence-corrected chi connectivity index (χ1v) is 7.67. The molecular formula is C13H15BrIN3. The average molecular weight is 420 g/mol. The van der Waals surface area contributed by atoms with Gasteiger partial charge in [0.15, 0.2) is 0 Å². The number of hydrogen-bond acceptors (Lipinski definition) is 2. The molecule has 1 heterocycles. The second-order valence-electron chi connectivity index (χ2n) is 4.04. The van der Waals surface area contributed by atoms with E-state index in [9.17, 15) is 0 Å². The van der Waals surface area contributed by atoms with E-state index in [1.54, 1.807) is 0 Å². The van der Waals surface area contributed by atoms with Gasteiger partial charge in [-0.15, -0.1) is 0 Å². The number of aromatic nitrogens is 2. The zero-order chi connectivity index (χ0) is 13.1. The third-order valence-corrected chi connectivity index (χ3v) is 4.15. The van der Waals surface area contributed by atoms with Crippen molar-refractivity contribution in [2.75, 3.05) is 6.54 Å². The molecule has 1 N–H and O–H groups in total. The second kappa shape index (κ2) is 6.16. The minimum Gasteiger partial charge on any atom is -0.305 e. The van der Waals surface area contributed by atoms with E-state index in [4.69, 9.17) is 0 Å². The predicted octanol–water partition coefficient (Wildman–Crippen LogP) is 3.49. The van der Waals surface area contributed by atoms with Gasteiger partial charge >= 0.3 is 0 Å². The van der Waals surface area contributed by atoms with Gasteiger partial charge in [-0.3, -0.25) is 4.68 Å². The van der Waals surface area contributed by atoms with Crippen molar-refractivity contribution in [2.24, 2.45) is 7.05 Å². The minimum absolute atomic E-state index is 0.161. The van der Waals surface area contributed by atoms with Gasteiger partial charge in [-0.2, -0.15) is 5.10 Å². The van der Waals surface area contributed by atoms with Crippen LogP contribution in [-0.4, -0.2) is 16.3 Å². The maximum atomic E-state index is 4.29. The van der Waals surface area contributed by atoms with Crippen LogP contribution in [0.2, 0.25) is 0 Å². The standard InChI is InChI=1S/C13H15BrIN3/c1-3-16-12(9-4-6-10(15)7-5-9)13-11(14)8-17-18(13)2/h4-8,12,16H,3H2,1-2H3. The molecule has 0 amide bonds. The highest BCUT2D eigenvalue weighted by Crippen LogP contribution is 2.28. The molecule has 0 radical (unpaired) electrons. The molecule has 2 rings (SSSR count). The maximum Gasteiger partial charge on any atom is 0.0759 e. The third-order valence-electron chi connectivity index (χ3n) is 2.82. The van der Waals surface area contributed by atoms with Crippen LogP contribution in [0.3, 0.4) is 0 Å². The average Bonchev–Trinajstić information content (AvgIpc) is 2.68. The van der Waals surface area contributed by atoms with E-state index in [0.717, 1.165) is 16.7 Å². The molecule has 1 aromatic heterocycles. The van der Waals surface area contributed by atoms with Gasteiger partial charge in [-0.1, -0.05) is 19.1 Å². The predicted molar refractivity (Wildman–Crippen MR) is 85.6 cm³/mol. The topological polar surface area (TPSA) is 29.9 Å². The van der Waals surface area contributed by atoms with E-state index in [2.05, 4.69) is 80.1 Å². The van der Waals surface area contributed by atoms with E-state index >= 15 is 0 Å². The SMILES string of the molecule is CCNC(c1ccc(I)cc1)c1c(Br)cnn1C. The third kappa shape index (κ3) is 2.95. The smallest absolute Gasteiger partial charge is 0.0759 e. The first kappa shape index (κ1) is 14.0. The van der Waals surface area contributed by atoms with Crippen LogP contribution in [-0.2, 0) is 7.05 Å². The first-order chi connectivity index (χ1) is 8.63. The number of benzene rings is 1. The summed E-state index contributed by atoms with van der Waals surface area (Å²) in [5.41, 5.74) is 2.40. The van der Waals surface area contributed by atoms with Crippen molar-refractivity contribution in [3.05, 3.63) is 49.8 Å². The Hall–Kier alpha value is -0.400. The van der Waals surface area contributed by atoms with E-state index < -0.39 is 0 Å². The summed E-state index contributed by atoms with van der Waals surface area (Å²) in [6.07, 6.45) is 1.84. The summed E-state index contributed by atoms with van der Waals surface area (Å²) in [5, 5.41) is 7.80. The molecule has 0 aliphatic rings. The van der Waals surface area contributed by atoms with Gasteiger partial charge in [0, 0.05) is 10.6 Å². The molecule has 5 heteroatoms. The normalized spacial score (nSPS) is 12.7. The van der Waals surface area contributed by atoms with Crippen molar-refractivity contribution in [3.8, 4) is 0 Å². The Labute approximate surface area is 129 Å². The lowest BCUT2D eigenvalue weighted by Gasteiger charge is -2.19. The Bertz CT molecular complexity index is 502. The Morgan fingerprint density at radius 1 is 1.39 bits per heavy atom. The molecule has 1 aromatic carbocycles. The van der Waals surface area contributed by atoms with Gasteiger partial charge in [0.05, 0.1) is 22.4 Å². The van der Waals surface area contributed by atoms with Gasteiger partial charge < -0.3 is 5.32 Å². The molecule has 0 bridgehead atoms. The van der Waals surface area contributed by atoms with Crippen molar-refractivity contribution in [3.63, 3.8) is 0 Å². The molecule has 1 atom stereocenters. The van der Waals surface area contributed by atoms with Crippen molar-refractivity contribution in [1.82, 2.24) is 15.1 Å². The Balaban J connectivity index is 2.43. The zero-order valence-corrected chi connectivity index (χ0v) is 14.1. The summed E-state index contributed by atoms with van der Waals surface area (Å²) in [4.78, 5) is 0. The highest BCUT2D eigenvalue weighted by Gasteiger charge is 2.19. The summed E-state index contributed by atoms with van der Waals surface area (Å²) in [6.45, 7) is 3.03. The number of hydrogen-bond donors (Lipinski definition) is 1. The zero-order valence-electron chi connectivity index (χ0n) is 10.3. The van der Waals surface area contributed by atoms with E-state index in [1.165, 1.54) is 9.13 Å². The summed E-state index contributed by atoms with van der Waals surface area (Å²) < 4.78 is 4.19. The van der Waals surface area contributed by atoms with Crippen LogP contribution in [0.1, 0.15) is 24.2 Å². The minimum atomic E-state index is 0.161. The number of aryl methyl sites for hydroxylation is 1. The first-order valence-electron chi connectivity index (χ1n) is 5.79. The maximum absolute atomic E-state index is 4.29. The summed E-state index contributed by atoms with van der Waals surface area (Å²) in [6, 6.07) is 8.74. The molecule has 2 aromatic rings. The molecule has 0 aliphatic carbocycles. The largest absolute Gasteiger partial charge is 0.305 e. The van der Waals surface area contributed by atoms with Gasteiger partial charge in [0.25, 0.3) is 0 Å². The van der Waals surface area contributed by atoms with E-state index in [0.29, 0.717) is 0 Å². The number of rotatable bonds is 4. The molecule has 1 unspecified atom stereocenters. The van der Waals surface area contributed by atoms with Crippen molar-refractivity contribution in [1.29, 1.82) is 0 Å². The highest BCUT2D eigenvalue weighted by atomic mass is 127. The lowest BCUT2D eigenvalue weighted by molar-refractivity contribution is 0.571. The van der Waals surface area contributed by atoms with Crippen LogP contribution in [0.4, 0.5) is 0 Å². The molecule has 0 fully saturated rings. The summed E-state index contributed by atoms with van der Waals surface area (Å²) in [5.74, 6) is 0. The molecule has 0 spiro atoms. The Morgan fingerprint density at radius 2 is 2.06 bits per heavy atom. The lowest BCUT2D eigenvalue weighted by atomic mass is 10.0. The van der Waals surface area contributed by atoms with Gasteiger partial charge in [0.1, 0.15) is 0 Å². The molecule has 0 aliphatic heterocycles. The molecule has 3 nitrogen and oxygen atoms in total. The van der Waals surface area contributed by atoms with Crippen molar-refractivity contribution < 1.29 is 0 Å². The van der Waals surface area contributed by atoms with E-state index in [-0.39, 0.29) is 6.04 Å². The van der Waals surface area contributed by atoms with Crippen LogP contribution < -0.4 is 5.32 Å². The van der Waals surface area contributed by atoms with Crippen LogP contribution in [0.5, 0.6) is 0 Å². The van der Waals surface area contributed by atoms with E-state index in [1.807, 2.05) is 17.9 Å². The van der Waals surface area contributed by atoms with Crippen LogP contribution in [0, 0.1) is 3.57 Å². The second-order valence-corrected chi connectivity index (χ2v) is 6.14.